The van der Waals surface area contributed by atoms with E-state index < -0.39 is 5.38 Å². The first-order valence-corrected chi connectivity index (χ1v) is 5.85. The maximum atomic E-state index is 11.8. The maximum Gasteiger partial charge on any atom is 0.240 e. The van der Waals surface area contributed by atoms with Gasteiger partial charge in [0.2, 0.25) is 5.91 Å². The number of hydrogen-bond acceptors (Lipinski definition) is 2. The molecule has 0 aliphatic rings. The van der Waals surface area contributed by atoms with Crippen molar-refractivity contribution in [1.82, 2.24) is 4.90 Å². The van der Waals surface area contributed by atoms with E-state index in [1.807, 2.05) is 32.9 Å². The maximum absolute atomic E-state index is 11.8. The van der Waals surface area contributed by atoms with Gasteiger partial charge in [0.05, 0.1) is 6.54 Å². The second kappa shape index (κ2) is 5.39. The summed E-state index contributed by atoms with van der Waals surface area (Å²) in [6.45, 7) is 7.98. The van der Waals surface area contributed by atoms with E-state index in [9.17, 15) is 4.79 Å². The molecule has 1 rings (SSSR count). The zero-order valence-corrected chi connectivity index (χ0v) is 10.9. The zero-order valence-electron chi connectivity index (χ0n) is 10.2. The minimum Gasteiger partial charge on any atom is -0.464 e. The molecule has 1 atom stereocenters. The third-order valence-corrected chi connectivity index (χ3v) is 2.56. The lowest BCUT2D eigenvalue weighted by molar-refractivity contribution is -0.133. The number of hydrogen-bond donors (Lipinski definition) is 0. The van der Waals surface area contributed by atoms with Crippen LogP contribution >= 0.6 is 11.6 Å². The molecule has 0 bridgehead atoms. The summed E-state index contributed by atoms with van der Waals surface area (Å²) in [6.07, 6.45) is 0. The van der Waals surface area contributed by atoms with Crippen LogP contribution in [-0.2, 0) is 11.3 Å². The Balaban J connectivity index is 2.76. The summed E-state index contributed by atoms with van der Waals surface area (Å²) in [6, 6.07) is 3.89. The molecule has 0 N–H and O–H groups in total. The van der Waals surface area contributed by atoms with E-state index in [2.05, 4.69) is 0 Å². The van der Waals surface area contributed by atoms with Gasteiger partial charge in [0.15, 0.2) is 0 Å². The van der Waals surface area contributed by atoms with Crippen LogP contribution in [0.25, 0.3) is 0 Å². The summed E-state index contributed by atoms with van der Waals surface area (Å²) < 4.78 is 5.46. The molecule has 1 unspecified atom stereocenters. The van der Waals surface area contributed by atoms with Gasteiger partial charge in [-0.1, -0.05) is 0 Å². The van der Waals surface area contributed by atoms with Crippen molar-refractivity contribution < 1.29 is 9.21 Å². The Bertz CT molecular complexity index is 358. The highest BCUT2D eigenvalue weighted by molar-refractivity contribution is 6.30. The monoisotopic (exact) mass is 243 g/mol. The average Bonchev–Trinajstić information content (AvgIpc) is 2.59. The van der Waals surface area contributed by atoms with Crippen LogP contribution in [0, 0.1) is 6.92 Å². The van der Waals surface area contributed by atoms with Crippen molar-refractivity contribution in [2.75, 3.05) is 0 Å². The first kappa shape index (κ1) is 13.1. The van der Waals surface area contributed by atoms with Crippen molar-refractivity contribution in [3.8, 4) is 0 Å². The van der Waals surface area contributed by atoms with E-state index in [0.29, 0.717) is 6.54 Å². The predicted molar refractivity (Wildman–Crippen MR) is 64.4 cm³/mol. The van der Waals surface area contributed by atoms with Crippen molar-refractivity contribution >= 4 is 17.5 Å². The molecule has 90 valence electrons. The van der Waals surface area contributed by atoms with Crippen LogP contribution in [0.4, 0.5) is 0 Å². The van der Waals surface area contributed by atoms with Crippen molar-refractivity contribution in [3.63, 3.8) is 0 Å². The fourth-order valence-electron chi connectivity index (χ4n) is 1.48. The Morgan fingerprint density at radius 3 is 2.44 bits per heavy atom. The Morgan fingerprint density at radius 2 is 2.06 bits per heavy atom. The van der Waals surface area contributed by atoms with E-state index in [-0.39, 0.29) is 11.9 Å². The molecule has 0 radical (unpaired) electrons. The minimum atomic E-state index is -0.501. The SMILES string of the molecule is Cc1ccc(CN(C(=O)C(C)Cl)C(C)C)o1. The molecule has 0 fully saturated rings. The third-order valence-electron chi connectivity index (χ3n) is 2.37. The summed E-state index contributed by atoms with van der Waals surface area (Å²) in [4.78, 5) is 13.6. The molecule has 0 saturated heterocycles. The van der Waals surface area contributed by atoms with E-state index in [1.54, 1.807) is 11.8 Å². The molecule has 0 aliphatic heterocycles. The minimum absolute atomic E-state index is 0.0641. The number of alkyl halides is 1. The molecular formula is C12H18ClNO2. The van der Waals surface area contributed by atoms with Crippen molar-refractivity contribution in [3.05, 3.63) is 23.7 Å². The highest BCUT2D eigenvalue weighted by Crippen LogP contribution is 2.14. The van der Waals surface area contributed by atoms with Gasteiger partial charge >= 0.3 is 0 Å². The summed E-state index contributed by atoms with van der Waals surface area (Å²) in [7, 11) is 0. The fraction of sp³-hybridized carbons (Fsp3) is 0.583. The van der Waals surface area contributed by atoms with E-state index >= 15 is 0 Å². The number of furan rings is 1. The number of nitrogens with zero attached hydrogens (tertiary/aromatic N) is 1. The van der Waals surface area contributed by atoms with Gasteiger partial charge in [-0.25, -0.2) is 0 Å². The van der Waals surface area contributed by atoms with Crippen LogP contribution < -0.4 is 0 Å². The van der Waals surface area contributed by atoms with Crippen molar-refractivity contribution in [2.24, 2.45) is 0 Å². The first-order chi connectivity index (χ1) is 7.41. The largest absolute Gasteiger partial charge is 0.464 e. The number of rotatable bonds is 4. The van der Waals surface area contributed by atoms with Crippen LogP contribution in [0.5, 0.6) is 0 Å². The van der Waals surface area contributed by atoms with E-state index in [4.69, 9.17) is 16.0 Å². The summed E-state index contributed by atoms with van der Waals surface area (Å²) in [5.41, 5.74) is 0. The predicted octanol–water partition coefficient (Wildman–Crippen LogP) is 2.95. The van der Waals surface area contributed by atoms with Crippen LogP contribution in [0.2, 0.25) is 0 Å². The highest BCUT2D eigenvalue weighted by Gasteiger charge is 2.22. The number of halogens is 1. The molecule has 1 amide bonds. The van der Waals surface area contributed by atoms with E-state index in [1.165, 1.54) is 0 Å². The molecule has 0 aliphatic carbocycles. The van der Waals surface area contributed by atoms with Gasteiger partial charge in [-0.2, -0.15) is 0 Å². The molecule has 3 nitrogen and oxygen atoms in total. The van der Waals surface area contributed by atoms with Crippen LogP contribution in [0.15, 0.2) is 16.5 Å². The molecule has 0 spiro atoms. The fourth-order valence-corrected chi connectivity index (χ4v) is 1.61. The lowest BCUT2D eigenvalue weighted by atomic mass is 10.2. The topological polar surface area (TPSA) is 33.5 Å². The van der Waals surface area contributed by atoms with Crippen LogP contribution in [0.1, 0.15) is 32.3 Å². The summed E-state index contributed by atoms with van der Waals surface area (Å²) in [5.74, 6) is 1.58. The lowest BCUT2D eigenvalue weighted by Crippen LogP contribution is -2.40. The van der Waals surface area contributed by atoms with Crippen molar-refractivity contribution in [2.45, 2.75) is 45.7 Å². The van der Waals surface area contributed by atoms with E-state index in [0.717, 1.165) is 11.5 Å². The van der Waals surface area contributed by atoms with Crippen LogP contribution in [0.3, 0.4) is 0 Å². The molecule has 1 aromatic heterocycles. The highest BCUT2D eigenvalue weighted by atomic mass is 35.5. The number of carbonyl (C=O) groups excluding carboxylic acids is 1. The van der Waals surface area contributed by atoms with Crippen LogP contribution in [-0.4, -0.2) is 22.2 Å². The Kier molecular flexibility index (Phi) is 4.42. The lowest BCUT2D eigenvalue weighted by Gasteiger charge is -2.26. The quantitative estimate of drug-likeness (QED) is 0.762. The number of aryl methyl sites for hydroxylation is 1. The van der Waals surface area contributed by atoms with Gasteiger partial charge in [0.1, 0.15) is 16.9 Å². The van der Waals surface area contributed by atoms with Gasteiger partial charge in [0.25, 0.3) is 0 Å². The molecular weight excluding hydrogens is 226 g/mol. The molecule has 1 heterocycles. The third kappa shape index (κ3) is 3.27. The molecule has 1 aromatic rings. The number of amides is 1. The van der Waals surface area contributed by atoms with Crippen molar-refractivity contribution in [1.29, 1.82) is 0 Å². The normalized spacial score (nSPS) is 12.9. The molecule has 16 heavy (non-hydrogen) atoms. The zero-order chi connectivity index (χ0) is 12.3. The Labute approximate surface area is 101 Å². The smallest absolute Gasteiger partial charge is 0.240 e. The standard InChI is InChI=1S/C12H18ClNO2/c1-8(2)14(12(15)10(4)13)7-11-6-5-9(3)16-11/h5-6,8,10H,7H2,1-4H3. The molecule has 0 aromatic carbocycles. The average molecular weight is 244 g/mol. The summed E-state index contributed by atoms with van der Waals surface area (Å²) >= 11 is 5.82. The Hall–Kier alpha value is -0.960. The number of carbonyl (C=O) groups is 1. The first-order valence-electron chi connectivity index (χ1n) is 5.41. The van der Waals surface area contributed by atoms with Gasteiger partial charge in [-0.3, -0.25) is 4.79 Å². The van der Waals surface area contributed by atoms with Gasteiger partial charge in [0, 0.05) is 6.04 Å². The Morgan fingerprint density at radius 1 is 1.44 bits per heavy atom. The van der Waals surface area contributed by atoms with Gasteiger partial charge in [-0.15, -0.1) is 11.6 Å². The van der Waals surface area contributed by atoms with Gasteiger partial charge in [-0.05, 0) is 39.8 Å². The second-order valence-electron chi connectivity index (χ2n) is 4.19. The summed E-state index contributed by atoms with van der Waals surface area (Å²) in [5, 5.41) is -0.501. The molecule has 0 saturated carbocycles. The van der Waals surface area contributed by atoms with Gasteiger partial charge < -0.3 is 9.32 Å². The second-order valence-corrected chi connectivity index (χ2v) is 4.84. The molecule has 4 heteroatoms.